The van der Waals surface area contributed by atoms with Crippen molar-refractivity contribution in [3.63, 3.8) is 0 Å². The van der Waals surface area contributed by atoms with Crippen molar-refractivity contribution in [1.29, 1.82) is 0 Å². The van der Waals surface area contributed by atoms with Crippen LogP contribution < -0.4 is 15.4 Å². The SMILES string of the molecule is CCC(CN)N(C)c1ccccc1OC. The van der Waals surface area contributed by atoms with Crippen LogP contribution in [0.25, 0.3) is 0 Å². The molecule has 3 heteroatoms. The lowest BCUT2D eigenvalue weighted by atomic mass is 10.1. The maximum atomic E-state index is 5.73. The van der Waals surface area contributed by atoms with Gasteiger partial charge in [0.05, 0.1) is 12.8 Å². The molecule has 0 saturated carbocycles. The molecule has 0 aromatic heterocycles. The van der Waals surface area contributed by atoms with E-state index >= 15 is 0 Å². The van der Waals surface area contributed by atoms with E-state index in [-0.39, 0.29) is 0 Å². The quantitative estimate of drug-likeness (QED) is 0.802. The lowest BCUT2D eigenvalue weighted by Crippen LogP contribution is -2.37. The lowest BCUT2D eigenvalue weighted by molar-refractivity contribution is 0.413. The third-order valence-corrected chi connectivity index (χ3v) is 2.76. The van der Waals surface area contributed by atoms with E-state index in [1.807, 2.05) is 18.2 Å². The van der Waals surface area contributed by atoms with Crippen molar-refractivity contribution >= 4 is 5.69 Å². The van der Waals surface area contributed by atoms with Gasteiger partial charge in [-0.3, -0.25) is 0 Å². The largest absolute Gasteiger partial charge is 0.495 e. The number of para-hydroxylation sites is 2. The minimum absolute atomic E-state index is 0.362. The van der Waals surface area contributed by atoms with Crippen molar-refractivity contribution in [3.05, 3.63) is 24.3 Å². The van der Waals surface area contributed by atoms with Crippen LogP contribution in [0.2, 0.25) is 0 Å². The average Bonchev–Trinajstić information content (AvgIpc) is 2.30. The van der Waals surface area contributed by atoms with Crippen LogP contribution in [0.5, 0.6) is 5.75 Å². The van der Waals surface area contributed by atoms with Gasteiger partial charge < -0.3 is 15.4 Å². The van der Waals surface area contributed by atoms with E-state index in [0.29, 0.717) is 12.6 Å². The normalized spacial score (nSPS) is 12.3. The molecule has 0 fully saturated rings. The number of nitrogens with two attached hydrogens (primary N) is 1. The maximum Gasteiger partial charge on any atom is 0.142 e. The summed E-state index contributed by atoms with van der Waals surface area (Å²) in [7, 11) is 3.74. The van der Waals surface area contributed by atoms with Crippen molar-refractivity contribution in [2.24, 2.45) is 5.73 Å². The highest BCUT2D eigenvalue weighted by molar-refractivity contribution is 5.58. The first-order valence-electron chi connectivity index (χ1n) is 5.30. The number of hydrogen-bond donors (Lipinski definition) is 1. The maximum absolute atomic E-state index is 5.73. The standard InChI is InChI=1S/C12H20N2O/c1-4-10(9-13)14(2)11-7-5-6-8-12(11)15-3/h5-8,10H,4,9,13H2,1-3H3. The summed E-state index contributed by atoms with van der Waals surface area (Å²) < 4.78 is 5.32. The van der Waals surface area contributed by atoms with Crippen LogP contribution in [0.15, 0.2) is 24.3 Å². The monoisotopic (exact) mass is 208 g/mol. The molecule has 1 rings (SSSR count). The number of hydrogen-bond acceptors (Lipinski definition) is 3. The minimum Gasteiger partial charge on any atom is -0.495 e. The molecule has 1 unspecified atom stereocenters. The first-order chi connectivity index (χ1) is 7.24. The summed E-state index contributed by atoms with van der Waals surface area (Å²) in [4.78, 5) is 2.18. The fourth-order valence-corrected chi connectivity index (χ4v) is 1.72. The highest BCUT2D eigenvalue weighted by atomic mass is 16.5. The molecule has 15 heavy (non-hydrogen) atoms. The minimum atomic E-state index is 0.362. The van der Waals surface area contributed by atoms with Crippen LogP contribution in [-0.2, 0) is 0 Å². The Morgan fingerprint density at radius 3 is 2.60 bits per heavy atom. The van der Waals surface area contributed by atoms with Gasteiger partial charge >= 0.3 is 0 Å². The summed E-state index contributed by atoms with van der Waals surface area (Å²) in [6, 6.07) is 8.37. The number of nitrogens with zero attached hydrogens (tertiary/aromatic N) is 1. The Bertz CT molecular complexity index is 297. The van der Waals surface area contributed by atoms with Crippen LogP contribution in [0.3, 0.4) is 0 Å². The molecule has 0 bridgehead atoms. The summed E-state index contributed by atoms with van der Waals surface area (Å²) >= 11 is 0. The van der Waals surface area contributed by atoms with E-state index in [9.17, 15) is 0 Å². The first kappa shape index (κ1) is 11.9. The van der Waals surface area contributed by atoms with E-state index in [1.165, 1.54) is 0 Å². The number of methoxy groups -OCH3 is 1. The highest BCUT2D eigenvalue weighted by Gasteiger charge is 2.14. The Morgan fingerprint density at radius 1 is 1.40 bits per heavy atom. The molecule has 0 aliphatic rings. The van der Waals surface area contributed by atoms with Gasteiger partial charge in [-0.05, 0) is 18.6 Å². The number of ether oxygens (including phenoxy) is 1. The van der Waals surface area contributed by atoms with Gasteiger partial charge in [-0.2, -0.15) is 0 Å². The molecular formula is C12H20N2O. The fraction of sp³-hybridized carbons (Fsp3) is 0.500. The molecule has 0 amide bonds. The molecule has 0 aliphatic carbocycles. The van der Waals surface area contributed by atoms with E-state index in [0.717, 1.165) is 17.9 Å². The average molecular weight is 208 g/mol. The fourth-order valence-electron chi connectivity index (χ4n) is 1.72. The van der Waals surface area contributed by atoms with Gasteiger partial charge in [-0.25, -0.2) is 0 Å². The van der Waals surface area contributed by atoms with Crippen LogP contribution in [0, 0.1) is 0 Å². The van der Waals surface area contributed by atoms with Gasteiger partial charge in [0.25, 0.3) is 0 Å². The van der Waals surface area contributed by atoms with Crippen molar-refractivity contribution in [2.45, 2.75) is 19.4 Å². The number of benzene rings is 1. The molecule has 0 heterocycles. The molecule has 0 radical (unpaired) electrons. The summed E-state index contributed by atoms with van der Waals surface area (Å²) in [5, 5.41) is 0. The Labute approximate surface area is 91.8 Å². The smallest absolute Gasteiger partial charge is 0.142 e. The third-order valence-electron chi connectivity index (χ3n) is 2.76. The van der Waals surface area contributed by atoms with Gasteiger partial charge in [0.1, 0.15) is 5.75 Å². The first-order valence-corrected chi connectivity index (χ1v) is 5.30. The van der Waals surface area contributed by atoms with Crippen LogP contribution in [0.1, 0.15) is 13.3 Å². The Hall–Kier alpha value is -1.22. The van der Waals surface area contributed by atoms with E-state index < -0.39 is 0 Å². The van der Waals surface area contributed by atoms with E-state index in [2.05, 4.69) is 24.9 Å². The number of anilines is 1. The molecule has 2 N–H and O–H groups in total. The van der Waals surface area contributed by atoms with Gasteiger partial charge in [0.15, 0.2) is 0 Å². The molecule has 84 valence electrons. The van der Waals surface area contributed by atoms with Gasteiger partial charge in [0.2, 0.25) is 0 Å². The second-order valence-electron chi connectivity index (χ2n) is 3.58. The molecule has 0 spiro atoms. The molecule has 0 aliphatic heterocycles. The Morgan fingerprint density at radius 2 is 2.07 bits per heavy atom. The zero-order chi connectivity index (χ0) is 11.3. The summed E-state index contributed by atoms with van der Waals surface area (Å²) in [5.41, 5.74) is 6.83. The number of likely N-dealkylation sites (N-methyl/N-ethyl adjacent to an activating group) is 1. The molecule has 3 nitrogen and oxygen atoms in total. The topological polar surface area (TPSA) is 38.5 Å². The van der Waals surface area contributed by atoms with Gasteiger partial charge in [0, 0.05) is 19.6 Å². The van der Waals surface area contributed by atoms with Crippen molar-refractivity contribution in [2.75, 3.05) is 25.6 Å². The van der Waals surface area contributed by atoms with Crippen molar-refractivity contribution in [3.8, 4) is 5.75 Å². The number of rotatable bonds is 5. The predicted octanol–water partition coefficient (Wildman–Crippen LogP) is 1.87. The second kappa shape index (κ2) is 5.61. The van der Waals surface area contributed by atoms with E-state index in [4.69, 9.17) is 10.5 Å². The summed E-state index contributed by atoms with van der Waals surface area (Å²) in [5.74, 6) is 0.895. The lowest BCUT2D eigenvalue weighted by Gasteiger charge is -2.29. The van der Waals surface area contributed by atoms with Crippen LogP contribution in [-0.4, -0.2) is 26.7 Å². The van der Waals surface area contributed by atoms with E-state index in [1.54, 1.807) is 7.11 Å². The summed E-state index contributed by atoms with van der Waals surface area (Å²) in [6.45, 7) is 2.80. The van der Waals surface area contributed by atoms with Gasteiger partial charge in [-0.15, -0.1) is 0 Å². The second-order valence-corrected chi connectivity index (χ2v) is 3.58. The Kier molecular flexibility index (Phi) is 4.43. The van der Waals surface area contributed by atoms with Crippen molar-refractivity contribution in [1.82, 2.24) is 0 Å². The molecule has 0 saturated heterocycles. The zero-order valence-corrected chi connectivity index (χ0v) is 9.73. The van der Waals surface area contributed by atoms with Crippen LogP contribution >= 0.6 is 0 Å². The third kappa shape index (κ3) is 2.63. The van der Waals surface area contributed by atoms with Crippen LogP contribution in [0.4, 0.5) is 5.69 Å². The summed E-state index contributed by atoms with van der Waals surface area (Å²) in [6.07, 6.45) is 1.03. The molecule has 1 atom stereocenters. The van der Waals surface area contributed by atoms with Crippen molar-refractivity contribution < 1.29 is 4.74 Å². The molecule has 1 aromatic rings. The Balaban J connectivity index is 2.93. The molecule has 1 aromatic carbocycles. The molecular weight excluding hydrogens is 188 g/mol. The highest BCUT2D eigenvalue weighted by Crippen LogP contribution is 2.28. The predicted molar refractivity (Wildman–Crippen MR) is 64.5 cm³/mol. The van der Waals surface area contributed by atoms with Gasteiger partial charge in [-0.1, -0.05) is 19.1 Å². The zero-order valence-electron chi connectivity index (χ0n) is 9.73.